The van der Waals surface area contributed by atoms with Gasteiger partial charge in [0.25, 0.3) is 0 Å². The number of nitrogens with zero attached hydrogens (tertiary/aromatic N) is 3. The van der Waals surface area contributed by atoms with E-state index in [1.165, 1.54) is 71.0 Å². The van der Waals surface area contributed by atoms with Crippen LogP contribution < -0.4 is 0 Å². The van der Waals surface area contributed by atoms with Crippen LogP contribution in [0.2, 0.25) is 0 Å². The summed E-state index contributed by atoms with van der Waals surface area (Å²) in [6.45, 7) is 0. The average Bonchev–Trinajstić information content (AvgIpc) is 3.77. The number of hydrogen-bond acceptors (Lipinski definition) is 4. The van der Waals surface area contributed by atoms with Gasteiger partial charge in [0.2, 0.25) is 0 Å². The summed E-state index contributed by atoms with van der Waals surface area (Å²) in [6.07, 6.45) is 6.36. The van der Waals surface area contributed by atoms with Gasteiger partial charge < -0.3 is 4.42 Å². The first-order valence-corrected chi connectivity index (χ1v) is 19.4. The number of hydrogen-bond donors (Lipinski definition) is 0. The molecule has 1 saturated carbocycles. The molecule has 0 aliphatic heterocycles. The van der Waals surface area contributed by atoms with Crippen LogP contribution in [0.5, 0.6) is 0 Å². The van der Waals surface area contributed by atoms with Gasteiger partial charge >= 0.3 is 0 Å². The quantitative estimate of drug-likeness (QED) is 0.179. The van der Waals surface area contributed by atoms with E-state index in [-0.39, 0.29) is 5.41 Å². The topological polar surface area (TPSA) is 51.8 Å². The molecule has 2 heterocycles. The molecule has 0 saturated heterocycles. The standard InChI is InChI=1S/C51H37N3O/c1-3-12-36(13-4-1)48-52-49(54-50(53-48)38-28-29-42-41-15-6-8-19-45(41)55-46(42)32-38)37-26-22-34(23-27-37)33-20-24-35(25-21-33)39-16-11-17-43-40-14-5-7-18-44(40)51(47(39)43)30-9-2-10-31-51/h1,3-8,11-29,32H,2,9-10,30-31H2. The van der Waals surface area contributed by atoms with Gasteiger partial charge in [0.15, 0.2) is 17.5 Å². The molecular weight excluding hydrogens is 671 g/mol. The molecule has 1 fully saturated rings. The number of furan rings is 1. The van der Waals surface area contributed by atoms with Gasteiger partial charge in [-0.25, -0.2) is 15.0 Å². The van der Waals surface area contributed by atoms with Crippen molar-refractivity contribution >= 4 is 21.9 Å². The van der Waals surface area contributed by atoms with E-state index in [0.29, 0.717) is 17.5 Å². The van der Waals surface area contributed by atoms with E-state index in [4.69, 9.17) is 19.4 Å². The molecule has 7 aromatic carbocycles. The smallest absolute Gasteiger partial charge is 0.164 e. The highest BCUT2D eigenvalue weighted by molar-refractivity contribution is 6.05. The number of fused-ring (bicyclic) bond motifs is 8. The first-order valence-electron chi connectivity index (χ1n) is 19.4. The van der Waals surface area contributed by atoms with Gasteiger partial charge in [0.05, 0.1) is 0 Å². The molecule has 1 spiro atoms. The van der Waals surface area contributed by atoms with Gasteiger partial charge in [-0.05, 0) is 75.5 Å². The Morgan fingerprint density at radius 1 is 0.382 bits per heavy atom. The second-order valence-electron chi connectivity index (χ2n) is 15.1. The first-order chi connectivity index (χ1) is 27.2. The Balaban J connectivity index is 0.935. The van der Waals surface area contributed by atoms with Gasteiger partial charge in [-0.1, -0.05) is 165 Å². The Morgan fingerprint density at radius 3 is 1.69 bits per heavy atom. The van der Waals surface area contributed by atoms with Gasteiger partial charge in [0.1, 0.15) is 11.2 Å². The van der Waals surface area contributed by atoms with Crippen molar-refractivity contribution in [2.75, 3.05) is 0 Å². The van der Waals surface area contributed by atoms with E-state index in [1.807, 2.05) is 54.6 Å². The zero-order valence-electron chi connectivity index (χ0n) is 30.4. The third kappa shape index (κ3) is 5.24. The minimum Gasteiger partial charge on any atom is -0.456 e. The number of rotatable bonds is 5. The van der Waals surface area contributed by atoms with Crippen LogP contribution in [-0.2, 0) is 5.41 Å². The maximum Gasteiger partial charge on any atom is 0.164 e. The monoisotopic (exact) mass is 707 g/mol. The molecule has 0 N–H and O–H groups in total. The van der Waals surface area contributed by atoms with Gasteiger partial charge in [-0.2, -0.15) is 0 Å². The van der Waals surface area contributed by atoms with E-state index in [0.717, 1.165) is 44.2 Å². The lowest BCUT2D eigenvalue weighted by Crippen LogP contribution is -2.28. The van der Waals surface area contributed by atoms with Crippen LogP contribution >= 0.6 is 0 Å². The van der Waals surface area contributed by atoms with E-state index >= 15 is 0 Å². The third-order valence-corrected chi connectivity index (χ3v) is 12.0. The van der Waals surface area contributed by atoms with E-state index in [9.17, 15) is 0 Å². The normalized spacial score (nSPS) is 14.3. The largest absolute Gasteiger partial charge is 0.456 e. The first kappa shape index (κ1) is 31.8. The number of aromatic nitrogens is 3. The van der Waals surface area contributed by atoms with Crippen molar-refractivity contribution in [1.29, 1.82) is 0 Å². The predicted molar refractivity (Wildman–Crippen MR) is 224 cm³/mol. The summed E-state index contributed by atoms with van der Waals surface area (Å²) in [6, 6.07) is 58.2. The van der Waals surface area contributed by atoms with Crippen LogP contribution in [0.1, 0.15) is 43.2 Å². The van der Waals surface area contributed by atoms with Crippen LogP contribution in [0.4, 0.5) is 0 Å². The zero-order chi connectivity index (χ0) is 36.3. The summed E-state index contributed by atoms with van der Waals surface area (Å²) in [4.78, 5) is 15.0. The van der Waals surface area contributed by atoms with Crippen molar-refractivity contribution in [2.45, 2.75) is 37.5 Å². The maximum atomic E-state index is 6.22. The fourth-order valence-corrected chi connectivity index (χ4v) is 9.35. The summed E-state index contributed by atoms with van der Waals surface area (Å²) in [5.74, 6) is 1.87. The molecular formula is C51H37N3O. The van der Waals surface area contributed by atoms with Gasteiger partial charge in [-0.3, -0.25) is 0 Å². The minimum absolute atomic E-state index is 0.116. The highest BCUT2D eigenvalue weighted by Crippen LogP contribution is 2.58. The number of benzene rings is 7. The molecule has 262 valence electrons. The van der Waals surface area contributed by atoms with Crippen LogP contribution in [0, 0.1) is 0 Å². The van der Waals surface area contributed by atoms with E-state index < -0.39 is 0 Å². The predicted octanol–water partition coefficient (Wildman–Crippen LogP) is 13.3. The lowest BCUT2D eigenvalue weighted by molar-refractivity contribution is 0.353. The van der Waals surface area contributed by atoms with Crippen LogP contribution in [-0.4, -0.2) is 15.0 Å². The molecule has 0 unspecified atom stereocenters. The second-order valence-corrected chi connectivity index (χ2v) is 15.1. The molecule has 4 heteroatoms. The lowest BCUT2D eigenvalue weighted by Gasteiger charge is -2.37. The molecule has 2 aliphatic rings. The molecule has 9 aromatic rings. The Morgan fingerprint density at radius 2 is 0.927 bits per heavy atom. The summed E-state index contributed by atoms with van der Waals surface area (Å²) < 4.78 is 6.22. The molecule has 0 bridgehead atoms. The Labute approximate surface area is 320 Å². The molecule has 0 atom stereocenters. The highest BCUT2D eigenvalue weighted by atomic mass is 16.3. The number of para-hydroxylation sites is 1. The summed E-state index contributed by atoms with van der Waals surface area (Å²) in [5.41, 5.74) is 15.4. The molecule has 2 aromatic heterocycles. The van der Waals surface area contributed by atoms with E-state index in [2.05, 4.69) is 109 Å². The van der Waals surface area contributed by atoms with Crippen LogP contribution in [0.25, 0.3) is 89.5 Å². The summed E-state index contributed by atoms with van der Waals surface area (Å²) in [5, 5.41) is 2.18. The molecule has 4 nitrogen and oxygen atoms in total. The highest BCUT2D eigenvalue weighted by Gasteiger charge is 2.45. The maximum absolute atomic E-state index is 6.22. The fourth-order valence-electron chi connectivity index (χ4n) is 9.35. The fraction of sp³-hybridized carbons (Fsp3) is 0.118. The third-order valence-electron chi connectivity index (χ3n) is 12.0. The Hall–Kier alpha value is -6.65. The Bertz CT molecular complexity index is 2880. The minimum atomic E-state index is 0.116. The summed E-state index contributed by atoms with van der Waals surface area (Å²) in [7, 11) is 0. The SMILES string of the molecule is c1ccc(-c2nc(-c3ccc(-c4ccc(-c5cccc6c5C5(CCCCC5)c5ccccc5-6)cc4)cc3)nc(-c3ccc4c(c3)oc3ccccc34)n2)cc1. The van der Waals surface area contributed by atoms with Crippen LogP contribution in [0.3, 0.4) is 0 Å². The average molecular weight is 708 g/mol. The molecule has 55 heavy (non-hydrogen) atoms. The molecule has 0 radical (unpaired) electrons. The van der Waals surface area contributed by atoms with Crippen LogP contribution in [0.15, 0.2) is 168 Å². The summed E-state index contributed by atoms with van der Waals surface area (Å²) >= 11 is 0. The van der Waals surface area contributed by atoms with Gasteiger partial charge in [-0.15, -0.1) is 0 Å². The van der Waals surface area contributed by atoms with Crippen molar-refractivity contribution in [2.24, 2.45) is 0 Å². The van der Waals surface area contributed by atoms with Crippen molar-refractivity contribution < 1.29 is 4.42 Å². The molecule has 2 aliphatic carbocycles. The van der Waals surface area contributed by atoms with Crippen molar-refractivity contribution in [3.05, 3.63) is 175 Å². The van der Waals surface area contributed by atoms with Gasteiger partial charge in [0, 0.05) is 32.9 Å². The second kappa shape index (κ2) is 12.7. The van der Waals surface area contributed by atoms with E-state index in [1.54, 1.807) is 0 Å². The molecule has 0 amide bonds. The van der Waals surface area contributed by atoms with Crippen molar-refractivity contribution in [1.82, 2.24) is 15.0 Å². The molecule has 11 rings (SSSR count). The lowest BCUT2D eigenvalue weighted by atomic mass is 9.66. The van der Waals surface area contributed by atoms with Crippen molar-refractivity contribution in [3.8, 4) is 67.5 Å². The zero-order valence-corrected chi connectivity index (χ0v) is 30.4. The van der Waals surface area contributed by atoms with Crippen molar-refractivity contribution in [3.63, 3.8) is 0 Å². The Kier molecular flexibility index (Phi) is 7.38.